The predicted molar refractivity (Wildman–Crippen MR) is 94.7 cm³/mol. The molecule has 7 nitrogen and oxygen atoms in total. The first-order valence-corrected chi connectivity index (χ1v) is 8.79. The number of piperazine rings is 1. The van der Waals surface area contributed by atoms with E-state index >= 15 is 0 Å². The second-order valence-corrected chi connectivity index (χ2v) is 6.62. The first kappa shape index (κ1) is 20.2. The van der Waals surface area contributed by atoms with Crippen molar-refractivity contribution in [2.45, 2.75) is 19.8 Å². The summed E-state index contributed by atoms with van der Waals surface area (Å²) in [6.07, 6.45) is -4.68. The average Bonchev–Trinajstić information content (AvgIpc) is 3.02. The van der Waals surface area contributed by atoms with E-state index in [4.69, 9.17) is 4.52 Å². The molecule has 0 atom stereocenters. The summed E-state index contributed by atoms with van der Waals surface area (Å²) >= 11 is 0. The molecule has 0 saturated carbocycles. The molecule has 1 N–H and O–H groups in total. The monoisotopic (exact) mass is 398 g/mol. The Balaban J connectivity index is 1.40. The van der Waals surface area contributed by atoms with Gasteiger partial charge >= 0.3 is 6.36 Å². The number of aromatic nitrogens is 1. The van der Waals surface area contributed by atoms with Crippen molar-refractivity contribution in [3.8, 4) is 5.75 Å². The fourth-order valence-electron chi connectivity index (χ4n) is 2.97. The average molecular weight is 398 g/mol. The maximum absolute atomic E-state index is 12.2. The Kier molecular flexibility index (Phi) is 6.20. The smallest absolute Gasteiger partial charge is 0.406 e. The molecular formula is C18H21F3N4O3. The van der Waals surface area contributed by atoms with E-state index < -0.39 is 6.36 Å². The molecule has 1 amide bonds. The number of hydrogen-bond donors (Lipinski definition) is 1. The van der Waals surface area contributed by atoms with Gasteiger partial charge in [0.15, 0.2) is 5.82 Å². The molecule has 1 saturated heterocycles. The molecule has 0 aliphatic carbocycles. The van der Waals surface area contributed by atoms with E-state index in [-0.39, 0.29) is 18.2 Å². The zero-order valence-electron chi connectivity index (χ0n) is 15.3. The summed E-state index contributed by atoms with van der Waals surface area (Å²) in [6.45, 7) is 5.61. The van der Waals surface area contributed by atoms with Crippen molar-refractivity contribution in [3.05, 3.63) is 41.7 Å². The molecule has 10 heteroatoms. The number of aryl methyl sites for hydroxylation is 1. The van der Waals surface area contributed by atoms with Crippen molar-refractivity contribution in [2.75, 3.05) is 38.0 Å². The second-order valence-electron chi connectivity index (χ2n) is 6.62. The Labute approximate surface area is 160 Å². The Morgan fingerprint density at radius 1 is 1.18 bits per heavy atom. The SMILES string of the molecule is Cc1cc(NC(=O)CN2CCN(Cc3ccc(OC(F)(F)F)cc3)CC2)no1. The van der Waals surface area contributed by atoms with Crippen molar-refractivity contribution < 1.29 is 27.2 Å². The van der Waals surface area contributed by atoms with Crippen molar-refractivity contribution in [2.24, 2.45) is 0 Å². The fraction of sp³-hybridized carbons (Fsp3) is 0.444. The van der Waals surface area contributed by atoms with Crippen molar-refractivity contribution in [3.63, 3.8) is 0 Å². The summed E-state index contributed by atoms with van der Waals surface area (Å²) in [7, 11) is 0. The van der Waals surface area contributed by atoms with Gasteiger partial charge in [-0.1, -0.05) is 17.3 Å². The van der Waals surface area contributed by atoms with Crippen LogP contribution in [0.15, 0.2) is 34.9 Å². The van der Waals surface area contributed by atoms with E-state index in [1.165, 1.54) is 12.1 Å². The van der Waals surface area contributed by atoms with Gasteiger partial charge in [0.25, 0.3) is 0 Å². The van der Waals surface area contributed by atoms with E-state index in [9.17, 15) is 18.0 Å². The van der Waals surface area contributed by atoms with E-state index in [0.717, 1.165) is 31.7 Å². The van der Waals surface area contributed by atoms with E-state index in [1.807, 2.05) is 4.90 Å². The zero-order valence-corrected chi connectivity index (χ0v) is 15.3. The molecule has 2 aromatic rings. The summed E-state index contributed by atoms with van der Waals surface area (Å²) in [5.41, 5.74) is 0.905. The third-order valence-electron chi connectivity index (χ3n) is 4.29. The number of anilines is 1. The minimum Gasteiger partial charge on any atom is -0.406 e. The lowest BCUT2D eigenvalue weighted by Gasteiger charge is -2.34. The molecule has 1 aliphatic heterocycles. The molecule has 0 unspecified atom stereocenters. The minimum atomic E-state index is -4.68. The van der Waals surface area contributed by atoms with Gasteiger partial charge in [-0.3, -0.25) is 14.6 Å². The largest absolute Gasteiger partial charge is 0.573 e. The van der Waals surface area contributed by atoms with Crippen molar-refractivity contribution in [1.29, 1.82) is 0 Å². The number of nitrogens with zero attached hydrogens (tertiary/aromatic N) is 3. The van der Waals surface area contributed by atoms with Crippen LogP contribution < -0.4 is 10.1 Å². The van der Waals surface area contributed by atoms with Crippen LogP contribution in [0, 0.1) is 6.92 Å². The topological polar surface area (TPSA) is 70.8 Å². The zero-order chi connectivity index (χ0) is 20.1. The Morgan fingerprint density at radius 2 is 1.82 bits per heavy atom. The number of rotatable bonds is 6. The van der Waals surface area contributed by atoms with Gasteiger partial charge in [-0.15, -0.1) is 13.2 Å². The summed E-state index contributed by atoms with van der Waals surface area (Å²) in [4.78, 5) is 16.3. The Bertz CT molecular complexity index is 784. The molecule has 2 heterocycles. The van der Waals surface area contributed by atoms with Crippen LogP contribution in [0.4, 0.5) is 19.0 Å². The first-order chi connectivity index (χ1) is 13.3. The molecule has 1 aromatic carbocycles. The summed E-state index contributed by atoms with van der Waals surface area (Å²) in [6, 6.07) is 7.53. The van der Waals surface area contributed by atoms with Crippen LogP contribution in [-0.4, -0.2) is 59.9 Å². The van der Waals surface area contributed by atoms with Crippen LogP contribution in [-0.2, 0) is 11.3 Å². The standard InChI is InChI=1S/C18H21F3N4O3/c1-13-10-16(23-28-13)22-17(26)12-25-8-6-24(7-9-25)11-14-2-4-15(5-3-14)27-18(19,20)21/h2-5,10H,6-9,11-12H2,1H3,(H,22,23,26). The van der Waals surface area contributed by atoms with Crippen LogP contribution in [0.25, 0.3) is 0 Å². The molecule has 28 heavy (non-hydrogen) atoms. The maximum atomic E-state index is 12.2. The molecule has 1 aliphatic rings. The minimum absolute atomic E-state index is 0.151. The number of amides is 1. The lowest BCUT2D eigenvalue weighted by Crippen LogP contribution is -2.48. The van der Waals surface area contributed by atoms with Gasteiger partial charge in [-0.25, -0.2) is 0 Å². The molecule has 1 fully saturated rings. The highest BCUT2D eigenvalue weighted by molar-refractivity contribution is 5.91. The molecule has 152 valence electrons. The molecule has 0 radical (unpaired) electrons. The third-order valence-corrected chi connectivity index (χ3v) is 4.29. The van der Waals surface area contributed by atoms with Crippen LogP contribution in [0.1, 0.15) is 11.3 Å². The molecular weight excluding hydrogens is 377 g/mol. The van der Waals surface area contributed by atoms with Crippen molar-refractivity contribution >= 4 is 11.7 Å². The maximum Gasteiger partial charge on any atom is 0.573 e. The van der Waals surface area contributed by atoms with Crippen LogP contribution in [0.5, 0.6) is 5.75 Å². The van der Waals surface area contributed by atoms with Gasteiger partial charge in [-0.2, -0.15) is 0 Å². The lowest BCUT2D eigenvalue weighted by atomic mass is 10.2. The third kappa shape index (κ3) is 6.24. The van der Waals surface area contributed by atoms with Crippen LogP contribution in [0.3, 0.4) is 0 Å². The predicted octanol–water partition coefficient (Wildman–Crippen LogP) is 2.64. The number of benzene rings is 1. The highest BCUT2D eigenvalue weighted by Gasteiger charge is 2.31. The number of hydrogen-bond acceptors (Lipinski definition) is 6. The molecule has 1 aromatic heterocycles. The number of carbonyl (C=O) groups is 1. The number of carbonyl (C=O) groups excluding carboxylic acids is 1. The highest BCUT2D eigenvalue weighted by atomic mass is 19.4. The number of alkyl halides is 3. The Morgan fingerprint density at radius 3 is 2.39 bits per heavy atom. The lowest BCUT2D eigenvalue weighted by molar-refractivity contribution is -0.274. The van der Waals surface area contributed by atoms with Crippen LogP contribution in [0.2, 0.25) is 0 Å². The van der Waals surface area contributed by atoms with Gasteiger partial charge in [-0.05, 0) is 24.6 Å². The summed E-state index contributed by atoms with van der Waals surface area (Å²) in [5, 5.41) is 6.42. The van der Waals surface area contributed by atoms with E-state index in [2.05, 4.69) is 20.1 Å². The van der Waals surface area contributed by atoms with Gasteiger partial charge < -0.3 is 14.6 Å². The summed E-state index contributed by atoms with van der Waals surface area (Å²) in [5.74, 6) is 0.650. The Hall–Kier alpha value is -2.59. The number of nitrogens with one attached hydrogen (secondary N) is 1. The first-order valence-electron chi connectivity index (χ1n) is 8.79. The highest BCUT2D eigenvalue weighted by Crippen LogP contribution is 2.23. The fourth-order valence-corrected chi connectivity index (χ4v) is 2.97. The molecule has 0 spiro atoms. The van der Waals surface area contributed by atoms with E-state index in [0.29, 0.717) is 18.1 Å². The quantitative estimate of drug-likeness (QED) is 0.807. The van der Waals surface area contributed by atoms with Crippen molar-refractivity contribution in [1.82, 2.24) is 15.0 Å². The number of halogens is 3. The summed E-state index contributed by atoms with van der Waals surface area (Å²) < 4.78 is 45.4. The second kappa shape index (κ2) is 8.61. The molecule has 3 rings (SSSR count). The van der Waals surface area contributed by atoms with E-state index in [1.54, 1.807) is 25.1 Å². The van der Waals surface area contributed by atoms with Crippen LogP contribution >= 0.6 is 0 Å². The number of ether oxygens (including phenoxy) is 1. The van der Waals surface area contributed by atoms with Gasteiger partial charge in [0, 0.05) is 38.8 Å². The van der Waals surface area contributed by atoms with Gasteiger partial charge in [0.05, 0.1) is 6.54 Å². The molecule has 0 bridgehead atoms. The normalized spacial score (nSPS) is 16.1. The van der Waals surface area contributed by atoms with Gasteiger partial charge in [0.2, 0.25) is 5.91 Å². The van der Waals surface area contributed by atoms with Gasteiger partial charge in [0.1, 0.15) is 11.5 Å².